The first-order valence-corrected chi connectivity index (χ1v) is 8.45. The second-order valence-electron chi connectivity index (χ2n) is 4.91. The number of carbonyl (C=O) groups excluding carboxylic acids is 1. The van der Waals surface area contributed by atoms with Gasteiger partial charge in [-0.2, -0.15) is 11.8 Å². The summed E-state index contributed by atoms with van der Waals surface area (Å²) in [6, 6.07) is 13.2. The second kappa shape index (κ2) is 6.75. The zero-order valence-electron chi connectivity index (χ0n) is 12.3. The van der Waals surface area contributed by atoms with Gasteiger partial charge in [0.1, 0.15) is 13.2 Å². The van der Waals surface area contributed by atoms with Gasteiger partial charge in [0.05, 0.1) is 5.56 Å². The molecule has 3 rings (SSSR count). The molecule has 2 aromatic rings. The van der Waals surface area contributed by atoms with Crippen LogP contribution < -0.4 is 14.8 Å². The third kappa shape index (κ3) is 3.20. The molecule has 22 heavy (non-hydrogen) atoms. The standard InChI is InChI=1S/C17H17NO3S/c1-22-11-12-5-7-13(8-6-12)18-17(19)14-3-2-4-15-16(14)21-10-9-20-15/h2-8H,9-11H2,1H3,(H,18,19). The highest BCUT2D eigenvalue weighted by molar-refractivity contribution is 7.97. The van der Waals surface area contributed by atoms with Crippen LogP contribution in [0.1, 0.15) is 15.9 Å². The Labute approximate surface area is 133 Å². The molecule has 0 bridgehead atoms. The lowest BCUT2D eigenvalue weighted by Crippen LogP contribution is -2.20. The van der Waals surface area contributed by atoms with E-state index in [1.807, 2.05) is 30.3 Å². The van der Waals surface area contributed by atoms with Crippen LogP contribution in [0.2, 0.25) is 0 Å². The number of benzene rings is 2. The van der Waals surface area contributed by atoms with E-state index in [0.717, 1.165) is 11.4 Å². The molecule has 1 heterocycles. The number of nitrogens with one attached hydrogen (secondary N) is 1. The van der Waals surface area contributed by atoms with Crippen molar-refractivity contribution in [3.05, 3.63) is 53.6 Å². The number of rotatable bonds is 4. The van der Waals surface area contributed by atoms with Gasteiger partial charge in [-0.25, -0.2) is 0 Å². The summed E-state index contributed by atoms with van der Waals surface area (Å²) in [6.45, 7) is 0.968. The van der Waals surface area contributed by atoms with Gasteiger partial charge in [0.15, 0.2) is 11.5 Å². The lowest BCUT2D eigenvalue weighted by Gasteiger charge is -2.20. The minimum atomic E-state index is -0.194. The third-order valence-corrected chi connectivity index (χ3v) is 3.96. The van der Waals surface area contributed by atoms with Crippen molar-refractivity contribution < 1.29 is 14.3 Å². The Morgan fingerprint density at radius 3 is 2.68 bits per heavy atom. The predicted octanol–water partition coefficient (Wildman–Crippen LogP) is 3.57. The fourth-order valence-electron chi connectivity index (χ4n) is 2.30. The Morgan fingerprint density at radius 2 is 1.91 bits per heavy atom. The summed E-state index contributed by atoms with van der Waals surface area (Å²) in [7, 11) is 0. The summed E-state index contributed by atoms with van der Waals surface area (Å²) >= 11 is 1.77. The zero-order chi connectivity index (χ0) is 15.4. The smallest absolute Gasteiger partial charge is 0.259 e. The van der Waals surface area contributed by atoms with Crippen molar-refractivity contribution >= 4 is 23.4 Å². The van der Waals surface area contributed by atoms with Crippen molar-refractivity contribution in [1.82, 2.24) is 0 Å². The maximum atomic E-state index is 12.4. The van der Waals surface area contributed by atoms with Gasteiger partial charge in [-0.05, 0) is 36.1 Å². The van der Waals surface area contributed by atoms with Crippen LogP contribution >= 0.6 is 11.8 Å². The average Bonchev–Trinajstić information content (AvgIpc) is 2.56. The molecule has 114 valence electrons. The molecule has 4 nitrogen and oxygen atoms in total. The lowest BCUT2D eigenvalue weighted by molar-refractivity contribution is 0.101. The highest BCUT2D eigenvalue weighted by Crippen LogP contribution is 2.33. The first-order chi connectivity index (χ1) is 10.8. The molecule has 0 saturated carbocycles. The number of hydrogen-bond acceptors (Lipinski definition) is 4. The lowest BCUT2D eigenvalue weighted by atomic mass is 10.1. The van der Waals surface area contributed by atoms with E-state index in [1.54, 1.807) is 23.9 Å². The van der Waals surface area contributed by atoms with Crippen LogP contribution in [0, 0.1) is 0 Å². The molecule has 1 aliphatic heterocycles. The van der Waals surface area contributed by atoms with E-state index in [9.17, 15) is 4.79 Å². The summed E-state index contributed by atoms with van der Waals surface area (Å²) in [6.07, 6.45) is 2.07. The van der Waals surface area contributed by atoms with Gasteiger partial charge >= 0.3 is 0 Å². The van der Waals surface area contributed by atoms with Crippen molar-refractivity contribution in [2.24, 2.45) is 0 Å². The molecule has 1 aliphatic rings. The van der Waals surface area contributed by atoms with Crippen molar-refractivity contribution in [2.75, 3.05) is 24.8 Å². The summed E-state index contributed by atoms with van der Waals surface area (Å²) in [4.78, 5) is 12.4. The van der Waals surface area contributed by atoms with E-state index in [1.165, 1.54) is 5.56 Å². The van der Waals surface area contributed by atoms with Crippen molar-refractivity contribution in [3.8, 4) is 11.5 Å². The van der Waals surface area contributed by atoms with Crippen molar-refractivity contribution in [3.63, 3.8) is 0 Å². The van der Waals surface area contributed by atoms with Crippen LogP contribution in [-0.4, -0.2) is 25.4 Å². The molecule has 0 fully saturated rings. The van der Waals surface area contributed by atoms with Crippen LogP contribution in [0.3, 0.4) is 0 Å². The van der Waals surface area contributed by atoms with E-state index in [4.69, 9.17) is 9.47 Å². The number of carbonyl (C=O) groups is 1. The molecular weight excluding hydrogens is 298 g/mol. The number of anilines is 1. The van der Waals surface area contributed by atoms with Gasteiger partial charge in [-0.1, -0.05) is 18.2 Å². The molecule has 1 N–H and O–H groups in total. The van der Waals surface area contributed by atoms with E-state index < -0.39 is 0 Å². The Bertz CT molecular complexity index is 670. The van der Waals surface area contributed by atoms with Crippen molar-refractivity contribution in [1.29, 1.82) is 0 Å². The molecule has 2 aromatic carbocycles. The number of amides is 1. The monoisotopic (exact) mass is 315 g/mol. The topological polar surface area (TPSA) is 47.6 Å². The fraction of sp³-hybridized carbons (Fsp3) is 0.235. The fourth-order valence-corrected chi connectivity index (χ4v) is 2.83. The molecule has 0 aromatic heterocycles. The summed E-state index contributed by atoms with van der Waals surface area (Å²) in [5, 5.41) is 2.90. The van der Waals surface area contributed by atoms with E-state index in [0.29, 0.717) is 30.3 Å². The highest BCUT2D eigenvalue weighted by Gasteiger charge is 2.20. The SMILES string of the molecule is CSCc1ccc(NC(=O)c2cccc3c2OCCO3)cc1. The average molecular weight is 315 g/mol. The number of fused-ring (bicyclic) bond motifs is 1. The highest BCUT2D eigenvalue weighted by atomic mass is 32.2. The Balaban J connectivity index is 1.77. The summed E-state index contributed by atoms with van der Waals surface area (Å²) < 4.78 is 11.1. The third-order valence-electron chi connectivity index (χ3n) is 3.33. The van der Waals surface area contributed by atoms with Gasteiger partial charge in [-0.3, -0.25) is 4.79 Å². The quantitative estimate of drug-likeness (QED) is 0.937. The first-order valence-electron chi connectivity index (χ1n) is 7.06. The molecule has 0 atom stereocenters. The number of para-hydroxylation sites is 1. The molecular formula is C17H17NO3S. The summed E-state index contributed by atoms with van der Waals surface area (Å²) in [5.41, 5.74) is 2.49. The van der Waals surface area contributed by atoms with E-state index >= 15 is 0 Å². The van der Waals surface area contributed by atoms with Crippen LogP contribution in [0.15, 0.2) is 42.5 Å². The van der Waals surface area contributed by atoms with Gasteiger partial charge in [-0.15, -0.1) is 0 Å². The minimum Gasteiger partial charge on any atom is -0.486 e. The Kier molecular flexibility index (Phi) is 4.53. The molecule has 0 unspecified atom stereocenters. The minimum absolute atomic E-state index is 0.194. The maximum Gasteiger partial charge on any atom is 0.259 e. The molecule has 1 amide bonds. The predicted molar refractivity (Wildman–Crippen MR) is 89.0 cm³/mol. The number of ether oxygens (including phenoxy) is 2. The molecule has 0 aliphatic carbocycles. The van der Waals surface area contributed by atoms with Gasteiger partial charge in [0, 0.05) is 11.4 Å². The van der Waals surface area contributed by atoms with Gasteiger partial charge in [0.2, 0.25) is 0 Å². The molecule has 0 spiro atoms. The first kappa shape index (κ1) is 14.8. The summed E-state index contributed by atoms with van der Waals surface area (Å²) in [5.74, 6) is 1.91. The Hall–Kier alpha value is -2.14. The van der Waals surface area contributed by atoms with Crippen LogP contribution in [-0.2, 0) is 5.75 Å². The number of thioether (sulfide) groups is 1. The maximum absolute atomic E-state index is 12.4. The van der Waals surface area contributed by atoms with Gasteiger partial charge in [0.25, 0.3) is 5.91 Å². The van der Waals surface area contributed by atoms with Crippen molar-refractivity contribution in [2.45, 2.75) is 5.75 Å². The van der Waals surface area contributed by atoms with E-state index in [2.05, 4.69) is 11.6 Å². The van der Waals surface area contributed by atoms with E-state index in [-0.39, 0.29) is 5.91 Å². The Morgan fingerprint density at radius 1 is 1.14 bits per heavy atom. The van der Waals surface area contributed by atoms with Crippen LogP contribution in [0.5, 0.6) is 11.5 Å². The number of hydrogen-bond donors (Lipinski definition) is 1. The van der Waals surface area contributed by atoms with Crippen LogP contribution in [0.25, 0.3) is 0 Å². The second-order valence-corrected chi connectivity index (χ2v) is 5.78. The van der Waals surface area contributed by atoms with Crippen LogP contribution in [0.4, 0.5) is 5.69 Å². The largest absolute Gasteiger partial charge is 0.486 e. The van der Waals surface area contributed by atoms with Gasteiger partial charge < -0.3 is 14.8 Å². The zero-order valence-corrected chi connectivity index (χ0v) is 13.1. The normalized spacial score (nSPS) is 12.8. The molecule has 0 saturated heterocycles. The molecule has 0 radical (unpaired) electrons. The molecule has 5 heteroatoms.